The van der Waals surface area contributed by atoms with E-state index in [1.165, 1.54) is 34.4 Å². The summed E-state index contributed by atoms with van der Waals surface area (Å²) in [5.74, 6) is 0.727. The molecule has 1 N–H and O–H groups in total. The van der Waals surface area contributed by atoms with Crippen molar-refractivity contribution in [1.82, 2.24) is 14.9 Å². The predicted octanol–water partition coefficient (Wildman–Crippen LogP) is 5.08. The van der Waals surface area contributed by atoms with Gasteiger partial charge in [-0.05, 0) is 49.4 Å². The van der Waals surface area contributed by atoms with E-state index in [2.05, 4.69) is 65.5 Å². The van der Waals surface area contributed by atoms with Crippen LogP contribution in [0.4, 0.5) is 0 Å². The summed E-state index contributed by atoms with van der Waals surface area (Å²) >= 11 is 1.71. The Labute approximate surface area is 180 Å². The zero-order valence-corrected chi connectivity index (χ0v) is 17.9. The number of H-pyrrole nitrogens is 1. The quantitative estimate of drug-likeness (QED) is 0.494. The van der Waals surface area contributed by atoms with E-state index in [-0.39, 0.29) is 11.6 Å². The number of thiophene rings is 1. The van der Waals surface area contributed by atoms with Gasteiger partial charge in [0.2, 0.25) is 0 Å². The van der Waals surface area contributed by atoms with Crippen molar-refractivity contribution in [2.24, 2.45) is 0 Å². The molecule has 2 aromatic heterocycles. The van der Waals surface area contributed by atoms with Gasteiger partial charge in [-0.25, -0.2) is 4.98 Å². The number of nitrogens with one attached hydrogen (secondary N) is 1. The van der Waals surface area contributed by atoms with Crippen LogP contribution in [0, 0.1) is 0 Å². The Balaban J connectivity index is 1.50. The summed E-state index contributed by atoms with van der Waals surface area (Å²) in [6.45, 7) is 0.572. The molecular weight excluding hydrogens is 390 g/mol. The molecule has 0 saturated heterocycles. The smallest absolute Gasteiger partial charge is 0.259 e. The van der Waals surface area contributed by atoms with Gasteiger partial charge in [-0.15, -0.1) is 11.3 Å². The molecule has 1 aliphatic rings. The van der Waals surface area contributed by atoms with E-state index >= 15 is 0 Å². The molecule has 5 heteroatoms. The largest absolute Gasteiger partial charge is 0.309 e. The average Bonchev–Trinajstić information content (AvgIpc) is 3.14. The molecule has 0 unspecified atom stereocenters. The van der Waals surface area contributed by atoms with Crippen LogP contribution >= 0.6 is 11.3 Å². The SMILES string of the molecule is CN(Cc1nc2sc3c(c2c(=O)[nH]1)CCCC3)C(c1ccccc1)c1ccccc1. The normalized spacial score (nSPS) is 13.8. The molecule has 2 aromatic carbocycles. The molecule has 4 aromatic rings. The molecule has 1 aliphatic carbocycles. The molecule has 30 heavy (non-hydrogen) atoms. The Morgan fingerprint density at radius 1 is 1.00 bits per heavy atom. The van der Waals surface area contributed by atoms with Gasteiger partial charge in [0.05, 0.1) is 18.0 Å². The topological polar surface area (TPSA) is 49.0 Å². The first-order chi connectivity index (χ1) is 14.7. The van der Waals surface area contributed by atoms with Gasteiger partial charge in [-0.2, -0.15) is 0 Å². The first kappa shape index (κ1) is 19.2. The average molecular weight is 416 g/mol. The number of hydrogen-bond donors (Lipinski definition) is 1. The van der Waals surface area contributed by atoms with E-state index < -0.39 is 0 Å². The van der Waals surface area contributed by atoms with Crippen LogP contribution in [0.1, 0.15) is 46.3 Å². The number of rotatable bonds is 5. The molecule has 0 spiro atoms. The summed E-state index contributed by atoms with van der Waals surface area (Å²) in [5, 5.41) is 0.823. The highest BCUT2D eigenvalue weighted by Crippen LogP contribution is 2.34. The van der Waals surface area contributed by atoms with Gasteiger partial charge in [0, 0.05) is 4.88 Å². The van der Waals surface area contributed by atoms with Crippen molar-refractivity contribution < 1.29 is 0 Å². The van der Waals surface area contributed by atoms with E-state index in [9.17, 15) is 4.79 Å². The van der Waals surface area contributed by atoms with Crippen molar-refractivity contribution in [3.63, 3.8) is 0 Å². The van der Waals surface area contributed by atoms with Gasteiger partial charge in [0.25, 0.3) is 5.56 Å². The van der Waals surface area contributed by atoms with Crippen molar-refractivity contribution in [1.29, 1.82) is 0 Å². The number of fused-ring (bicyclic) bond motifs is 3. The van der Waals surface area contributed by atoms with Gasteiger partial charge in [-0.1, -0.05) is 60.7 Å². The van der Waals surface area contributed by atoms with Crippen molar-refractivity contribution in [3.8, 4) is 0 Å². The number of hydrogen-bond acceptors (Lipinski definition) is 4. The van der Waals surface area contributed by atoms with Crippen molar-refractivity contribution in [3.05, 3.63) is 98.4 Å². The van der Waals surface area contributed by atoms with E-state index in [4.69, 9.17) is 4.98 Å². The Bertz CT molecular complexity index is 1170. The van der Waals surface area contributed by atoms with Crippen molar-refractivity contribution in [2.75, 3.05) is 7.05 Å². The molecule has 2 heterocycles. The molecule has 0 saturated carbocycles. The third-order valence-corrected chi connectivity index (χ3v) is 7.13. The minimum Gasteiger partial charge on any atom is -0.309 e. The molecule has 0 radical (unpaired) electrons. The fourth-order valence-corrected chi connectivity index (χ4v) is 5.86. The number of aromatic amines is 1. The van der Waals surface area contributed by atoms with E-state index in [0.29, 0.717) is 6.54 Å². The van der Waals surface area contributed by atoms with Crippen LogP contribution in [0.25, 0.3) is 10.2 Å². The summed E-state index contributed by atoms with van der Waals surface area (Å²) in [5.41, 5.74) is 3.70. The minimum atomic E-state index is 0.0128. The van der Waals surface area contributed by atoms with E-state index in [0.717, 1.165) is 28.9 Å². The summed E-state index contributed by atoms with van der Waals surface area (Å²) in [6, 6.07) is 21.1. The summed E-state index contributed by atoms with van der Waals surface area (Å²) in [6.07, 6.45) is 4.46. The maximum absolute atomic E-state index is 12.9. The first-order valence-corrected chi connectivity index (χ1v) is 11.4. The van der Waals surface area contributed by atoms with Gasteiger partial charge < -0.3 is 4.98 Å². The highest BCUT2D eigenvalue weighted by Gasteiger charge is 2.22. The third-order valence-electron chi connectivity index (χ3n) is 5.94. The lowest BCUT2D eigenvalue weighted by Crippen LogP contribution is -2.27. The van der Waals surface area contributed by atoms with Crippen molar-refractivity contribution in [2.45, 2.75) is 38.3 Å². The number of nitrogens with zero attached hydrogens (tertiary/aromatic N) is 2. The fraction of sp³-hybridized carbons (Fsp3) is 0.280. The van der Waals surface area contributed by atoms with Crippen LogP contribution in [0.3, 0.4) is 0 Å². The van der Waals surface area contributed by atoms with Crippen LogP contribution in [0.15, 0.2) is 65.5 Å². The first-order valence-electron chi connectivity index (χ1n) is 10.5. The van der Waals surface area contributed by atoms with Gasteiger partial charge >= 0.3 is 0 Å². The lowest BCUT2D eigenvalue weighted by atomic mass is 9.97. The highest BCUT2D eigenvalue weighted by atomic mass is 32.1. The Kier molecular flexibility index (Phi) is 5.23. The van der Waals surface area contributed by atoms with Crippen LogP contribution in [0.2, 0.25) is 0 Å². The Hall–Kier alpha value is -2.76. The second kappa shape index (κ2) is 8.17. The van der Waals surface area contributed by atoms with E-state index in [1.807, 2.05) is 12.1 Å². The monoisotopic (exact) mass is 415 g/mol. The minimum absolute atomic E-state index is 0.0128. The van der Waals surface area contributed by atoms with Crippen LogP contribution in [-0.2, 0) is 19.4 Å². The third kappa shape index (κ3) is 3.59. The second-order valence-electron chi connectivity index (χ2n) is 8.04. The summed E-state index contributed by atoms with van der Waals surface area (Å²) < 4.78 is 0. The number of aryl methyl sites for hydroxylation is 2. The molecule has 4 nitrogen and oxygen atoms in total. The maximum Gasteiger partial charge on any atom is 0.259 e. The molecule has 152 valence electrons. The molecule has 0 amide bonds. The van der Waals surface area contributed by atoms with E-state index in [1.54, 1.807) is 11.3 Å². The van der Waals surface area contributed by atoms with Gasteiger partial charge in [0.15, 0.2) is 0 Å². The molecule has 0 aliphatic heterocycles. The molecule has 5 rings (SSSR count). The number of aromatic nitrogens is 2. The zero-order valence-electron chi connectivity index (χ0n) is 17.1. The fourth-order valence-electron chi connectivity index (χ4n) is 4.58. The van der Waals surface area contributed by atoms with Crippen molar-refractivity contribution >= 4 is 21.6 Å². The van der Waals surface area contributed by atoms with Crippen LogP contribution in [-0.4, -0.2) is 21.9 Å². The lowest BCUT2D eigenvalue weighted by molar-refractivity contribution is 0.264. The standard InChI is InChI=1S/C25H25N3OS/c1-28(23(17-10-4-2-5-11-17)18-12-6-3-7-13-18)16-21-26-24(29)22-19-14-8-9-15-20(19)30-25(22)27-21/h2-7,10-13,23H,8-9,14-16H2,1H3,(H,26,27,29). The summed E-state index contributed by atoms with van der Waals surface area (Å²) in [7, 11) is 2.09. The van der Waals surface area contributed by atoms with Crippen LogP contribution in [0.5, 0.6) is 0 Å². The summed E-state index contributed by atoms with van der Waals surface area (Å²) in [4.78, 5) is 25.4. The lowest BCUT2D eigenvalue weighted by Gasteiger charge is -2.28. The molecule has 0 fully saturated rings. The van der Waals surface area contributed by atoms with Gasteiger partial charge in [0.1, 0.15) is 10.7 Å². The second-order valence-corrected chi connectivity index (χ2v) is 9.13. The molecular formula is C25H25N3OS. The number of benzene rings is 2. The van der Waals surface area contributed by atoms with Gasteiger partial charge in [-0.3, -0.25) is 9.69 Å². The Morgan fingerprint density at radius 3 is 2.30 bits per heavy atom. The maximum atomic E-state index is 12.9. The zero-order chi connectivity index (χ0) is 20.5. The predicted molar refractivity (Wildman–Crippen MR) is 123 cm³/mol. The Morgan fingerprint density at radius 2 is 1.63 bits per heavy atom. The molecule has 0 bridgehead atoms. The highest BCUT2D eigenvalue weighted by molar-refractivity contribution is 7.18. The van der Waals surface area contributed by atoms with Crippen LogP contribution < -0.4 is 5.56 Å². The molecule has 0 atom stereocenters.